The van der Waals surface area contributed by atoms with Gasteiger partial charge in [-0.2, -0.15) is 0 Å². The first-order chi connectivity index (χ1) is 11.5. The first-order valence-electron chi connectivity index (χ1n) is 7.23. The predicted molar refractivity (Wildman–Crippen MR) is 107 cm³/mol. The minimum absolute atomic E-state index is 0. The number of para-hydroxylation sites is 1. The van der Waals surface area contributed by atoms with Crippen molar-refractivity contribution in [3.8, 4) is 11.3 Å². The Bertz CT molecular complexity index is 906. The second-order valence-corrected chi connectivity index (χ2v) is 6.02. The lowest BCUT2D eigenvalue weighted by Crippen LogP contribution is -2.12. The van der Waals surface area contributed by atoms with Gasteiger partial charge in [-0.1, -0.05) is 41.4 Å². The van der Waals surface area contributed by atoms with Gasteiger partial charge in [-0.3, -0.25) is 4.99 Å². The van der Waals surface area contributed by atoms with E-state index in [1.54, 1.807) is 18.2 Å². The molecule has 0 spiro atoms. The highest BCUT2D eigenvalue weighted by molar-refractivity contribution is 6.42. The van der Waals surface area contributed by atoms with E-state index in [-0.39, 0.29) is 12.4 Å². The summed E-state index contributed by atoms with van der Waals surface area (Å²) in [5.41, 5.74) is 14.3. The van der Waals surface area contributed by atoms with Crippen LogP contribution in [0.1, 0.15) is 11.3 Å². The van der Waals surface area contributed by atoms with Gasteiger partial charge in [0, 0.05) is 11.3 Å². The van der Waals surface area contributed by atoms with E-state index in [1.807, 2.05) is 36.4 Å². The standard InChI is InChI=1S/C18H15Cl2N3O.ClH/c19-13-6-5-11(9-14(13)20)10-23-18(22)17-8-7-16(24-17)12-3-1-2-4-15(12)21;/h1-9H,10,21H2,(H2,22,23);1H. The third-order valence-corrected chi connectivity index (χ3v) is 4.24. The molecule has 0 aliphatic carbocycles. The summed E-state index contributed by atoms with van der Waals surface area (Å²) >= 11 is 11.9. The predicted octanol–water partition coefficient (Wildman–Crippen LogP) is 5.16. The number of halogens is 3. The summed E-state index contributed by atoms with van der Waals surface area (Å²) in [6.07, 6.45) is 0. The highest BCUT2D eigenvalue weighted by atomic mass is 35.5. The molecule has 7 heteroatoms. The van der Waals surface area contributed by atoms with Crippen molar-refractivity contribution in [1.29, 1.82) is 0 Å². The summed E-state index contributed by atoms with van der Waals surface area (Å²) in [5, 5.41) is 0.997. The van der Waals surface area contributed by atoms with Crippen molar-refractivity contribution in [3.05, 3.63) is 76.0 Å². The highest BCUT2D eigenvalue weighted by Gasteiger charge is 2.10. The van der Waals surface area contributed by atoms with Gasteiger partial charge in [0.05, 0.1) is 16.6 Å². The van der Waals surface area contributed by atoms with Gasteiger partial charge in [-0.15, -0.1) is 12.4 Å². The van der Waals surface area contributed by atoms with Gasteiger partial charge >= 0.3 is 0 Å². The molecule has 1 aromatic heterocycles. The number of aliphatic imine (C=N–C) groups is 1. The van der Waals surface area contributed by atoms with Crippen LogP contribution in [0, 0.1) is 0 Å². The third kappa shape index (κ3) is 4.48. The molecule has 3 rings (SSSR count). The van der Waals surface area contributed by atoms with Crippen LogP contribution in [0.3, 0.4) is 0 Å². The molecule has 0 saturated carbocycles. The SMILES string of the molecule is Cl.NC(=NCc1ccc(Cl)c(Cl)c1)c1ccc(-c2ccccc2N)o1. The van der Waals surface area contributed by atoms with E-state index in [1.165, 1.54) is 0 Å². The summed E-state index contributed by atoms with van der Waals surface area (Å²) in [5.74, 6) is 1.45. The van der Waals surface area contributed by atoms with E-state index in [9.17, 15) is 0 Å². The molecule has 130 valence electrons. The number of anilines is 1. The van der Waals surface area contributed by atoms with Crippen LogP contribution in [-0.2, 0) is 6.54 Å². The van der Waals surface area contributed by atoms with Crippen molar-refractivity contribution in [2.45, 2.75) is 6.54 Å². The number of nitrogen functional groups attached to an aromatic ring is 1. The molecule has 0 fully saturated rings. The number of furan rings is 1. The van der Waals surface area contributed by atoms with Gasteiger partial charge in [-0.25, -0.2) is 0 Å². The molecule has 0 bridgehead atoms. The summed E-state index contributed by atoms with van der Waals surface area (Å²) in [6, 6.07) is 16.4. The minimum atomic E-state index is 0. The van der Waals surface area contributed by atoms with Crippen molar-refractivity contribution in [2.24, 2.45) is 10.7 Å². The quantitative estimate of drug-likeness (QED) is 0.363. The van der Waals surface area contributed by atoms with Crippen molar-refractivity contribution >= 4 is 47.1 Å². The Balaban J connectivity index is 0.00000225. The zero-order chi connectivity index (χ0) is 17.1. The van der Waals surface area contributed by atoms with E-state index in [4.69, 9.17) is 39.1 Å². The molecular formula is C18H16Cl3N3O. The van der Waals surface area contributed by atoms with Gasteiger partial charge in [0.1, 0.15) is 5.76 Å². The zero-order valence-corrected chi connectivity index (χ0v) is 15.4. The Morgan fingerprint density at radius 3 is 2.48 bits per heavy atom. The van der Waals surface area contributed by atoms with Crippen molar-refractivity contribution in [1.82, 2.24) is 0 Å². The van der Waals surface area contributed by atoms with Crippen LogP contribution in [0.2, 0.25) is 10.0 Å². The molecule has 0 radical (unpaired) electrons. The molecule has 0 aliphatic heterocycles. The lowest BCUT2D eigenvalue weighted by atomic mass is 10.1. The Morgan fingerprint density at radius 1 is 1.00 bits per heavy atom. The van der Waals surface area contributed by atoms with Gasteiger partial charge in [0.2, 0.25) is 0 Å². The van der Waals surface area contributed by atoms with E-state index in [2.05, 4.69) is 4.99 Å². The van der Waals surface area contributed by atoms with Crippen molar-refractivity contribution in [3.63, 3.8) is 0 Å². The molecular weight excluding hydrogens is 381 g/mol. The first kappa shape index (κ1) is 19.2. The number of rotatable bonds is 4. The summed E-state index contributed by atoms with van der Waals surface area (Å²) in [7, 11) is 0. The van der Waals surface area contributed by atoms with E-state index >= 15 is 0 Å². The number of nitrogens with zero attached hydrogens (tertiary/aromatic N) is 1. The number of benzene rings is 2. The molecule has 4 N–H and O–H groups in total. The van der Waals surface area contributed by atoms with Crippen LogP contribution in [0.4, 0.5) is 5.69 Å². The van der Waals surface area contributed by atoms with Gasteiger partial charge in [0.15, 0.2) is 11.6 Å². The van der Waals surface area contributed by atoms with E-state index in [0.717, 1.165) is 11.1 Å². The largest absolute Gasteiger partial charge is 0.453 e. The molecule has 25 heavy (non-hydrogen) atoms. The second kappa shape index (κ2) is 8.30. The van der Waals surface area contributed by atoms with Crippen LogP contribution >= 0.6 is 35.6 Å². The third-order valence-electron chi connectivity index (χ3n) is 3.50. The van der Waals surface area contributed by atoms with Crippen molar-refractivity contribution in [2.75, 3.05) is 5.73 Å². The fraction of sp³-hybridized carbons (Fsp3) is 0.0556. The average molecular weight is 397 g/mol. The molecule has 0 aliphatic rings. The Labute approximate surface area is 161 Å². The summed E-state index contributed by atoms with van der Waals surface area (Å²) in [6.45, 7) is 0.381. The topological polar surface area (TPSA) is 77.5 Å². The first-order valence-corrected chi connectivity index (χ1v) is 7.99. The maximum absolute atomic E-state index is 6.01. The normalized spacial score (nSPS) is 11.2. The van der Waals surface area contributed by atoms with Gasteiger partial charge < -0.3 is 15.9 Å². The Morgan fingerprint density at radius 2 is 1.76 bits per heavy atom. The molecule has 3 aromatic rings. The Hall–Kier alpha value is -2.14. The van der Waals surface area contributed by atoms with Crippen LogP contribution in [0.25, 0.3) is 11.3 Å². The van der Waals surface area contributed by atoms with Crippen molar-refractivity contribution < 1.29 is 4.42 Å². The second-order valence-electron chi connectivity index (χ2n) is 5.20. The number of nitrogens with two attached hydrogens (primary N) is 2. The van der Waals surface area contributed by atoms with Crippen LogP contribution < -0.4 is 11.5 Å². The maximum atomic E-state index is 6.01. The molecule has 0 saturated heterocycles. The van der Waals surface area contributed by atoms with Gasteiger partial charge in [-0.05, 0) is 42.0 Å². The fourth-order valence-electron chi connectivity index (χ4n) is 2.23. The lowest BCUT2D eigenvalue weighted by Gasteiger charge is -2.02. The average Bonchev–Trinajstić information content (AvgIpc) is 3.06. The molecule has 0 unspecified atom stereocenters. The number of hydrogen-bond donors (Lipinski definition) is 2. The molecule has 4 nitrogen and oxygen atoms in total. The lowest BCUT2D eigenvalue weighted by molar-refractivity contribution is 0.571. The molecule has 0 atom stereocenters. The van der Waals surface area contributed by atoms with Crippen LogP contribution in [-0.4, -0.2) is 5.84 Å². The fourth-order valence-corrected chi connectivity index (χ4v) is 2.55. The Kier molecular flexibility index (Phi) is 6.37. The minimum Gasteiger partial charge on any atom is -0.453 e. The monoisotopic (exact) mass is 395 g/mol. The smallest absolute Gasteiger partial charge is 0.169 e. The van der Waals surface area contributed by atoms with E-state index in [0.29, 0.717) is 39.6 Å². The summed E-state index contributed by atoms with van der Waals surface area (Å²) in [4.78, 5) is 4.33. The maximum Gasteiger partial charge on any atom is 0.169 e. The van der Waals surface area contributed by atoms with Gasteiger partial charge in [0.25, 0.3) is 0 Å². The molecule has 2 aromatic carbocycles. The molecule has 1 heterocycles. The summed E-state index contributed by atoms with van der Waals surface area (Å²) < 4.78 is 5.76. The van der Waals surface area contributed by atoms with Crippen LogP contribution in [0.15, 0.2) is 64.0 Å². The highest BCUT2D eigenvalue weighted by Crippen LogP contribution is 2.27. The zero-order valence-electron chi connectivity index (χ0n) is 13.1. The number of amidine groups is 1. The number of hydrogen-bond acceptors (Lipinski definition) is 3. The van der Waals surface area contributed by atoms with E-state index < -0.39 is 0 Å². The van der Waals surface area contributed by atoms with Crippen LogP contribution in [0.5, 0.6) is 0 Å². The molecule has 0 amide bonds.